The van der Waals surface area contributed by atoms with Crippen LogP contribution in [0.5, 0.6) is 0 Å². The third-order valence-corrected chi connectivity index (χ3v) is 4.99. The van der Waals surface area contributed by atoms with Crippen molar-refractivity contribution < 1.29 is 28.9 Å². The minimum absolute atomic E-state index is 0.398. The molecule has 0 aromatic heterocycles. The third-order valence-electron chi connectivity index (χ3n) is 3.37. The summed E-state index contributed by atoms with van der Waals surface area (Å²) in [6.45, 7) is 0. The molecule has 2 N–H and O–H groups in total. The smallest absolute Gasteiger partial charge is 0.356 e. The minimum atomic E-state index is -1.63. The molecule has 7 nitrogen and oxygen atoms in total. The summed E-state index contributed by atoms with van der Waals surface area (Å²) in [6, 6.07) is 18.2. The Labute approximate surface area is 158 Å². The molecule has 2 aromatic rings. The first-order chi connectivity index (χ1) is 13.0. The van der Waals surface area contributed by atoms with E-state index in [1.54, 1.807) is 0 Å². The number of hydroxylamine groups is 1. The van der Waals surface area contributed by atoms with Gasteiger partial charge in [-0.2, -0.15) is 5.48 Å². The Hall–Kier alpha value is -3.10. The Bertz CT molecular complexity index is 770. The summed E-state index contributed by atoms with van der Waals surface area (Å²) in [4.78, 5) is 37.9. The molecule has 140 valence electrons. The average molecular weight is 387 g/mol. The van der Waals surface area contributed by atoms with Crippen molar-refractivity contribution in [3.63, 3.8) is 0 Å². The Balaban J connectivity index is 2.03. The molecule has 0 aliphatic carbocycles. The van der Waals surface area contributed by atoms with Crippen molar-refractivity contribution in [2.45, 2.75) is 5.25 Å². The van der Waals surface area contributed by atoms with Gasteiger partial charge in [0.2, 0.25) is 0 Å². The number of amides is 1. The predicted octanol–water partition coefficient (Wildman–Crippen LogP) is 1.74. The van der Waals surface area contributed by atoms with Crippen molar-refractivity contribution in [3.05, 3.63) is 83.9 Å². The van der Waals surface area contributed by atoms with Crippen molar-refractivity contribution in [3.8, 4) is 0 Å². The van der Waals surface area contributed by atoms with Crippen molar-refractivity contribution in [2.75, 3.05) is 5.75 Å². The van der Waals surface area contributed by atoms with Crippen LogP contribution in [0.15, 0.2) is 72.8 Å². The third kappa shape index (κ3) is 6.61. The second kappa shape index (κ2) is 10.1. The van der Waals surface area contributed by atoms with Crippen LogP contribution in [0.1, 0.15) is 16.4 Å². The van der Waals surface area contributed by atoms with Gasteiger partial charge in [-0.3, -0.25) is 4.79 Å². The van der Waals surface area contributed by atoms with E-state index < -0.39 is 40.0 Å². The molecule has 1 amide bonds. The largest absolute Gasteiger partial charge is 0.615 e. The van der Waals surface area contributed by atoms with Crippen LogP contribution in [0.25, 0.3) is 0 Å². The zero-order valence-corrected chi connectivity index (χ0v) is 14.9. The van der Waals surface area contributed by atoms with Crippen LogP contribution >= 0.6 is 0 Å². The number of carboxylic acids is 1. The lowest BCUT2D eigenvalue weighted by Gasteiger charge is -2.22. The van der Waals surface area contributed by atoms with Gasteiger partial charge in [0.25, 0.3) is 0 Å². The first kappa shape index (κ1) is 20.2. The van der Waals surface area contributed by atoms with Crippen LogP contribution in [-0.2, 0) is 30.4 Å². The van der Waals surface area contributed by atoms with Gasteiger partial charge >= 0.3 is 17.8 Å². The summed E-state index contributed by atoms with van der Waals surface area (Å²) in [5.41, 5.74) is 3.45. The van der Waals surface area contributed by atoms with Gasteiger partial charge in [-0.1, -0.05) is 60.7 Å². The number of carbonyl (C=O) groups excluding carboxylic acids is 2. The summed E-state index contributed by atoms with van der Waals surface area (Å²) in [5, 5.41) is 7.89. The van der Waals surface area contributed by atoms with Gasteiger partial charge in [0.05, 0.1) is 0 Å². The molecule has 2 rings (SSSR count). The number of carbonyl (C=O) groups is 3. The van der Waals surface area contributed by atoms with Gasteiger partial charge in [-0.25, -0.2) is 9.59 Å². The summed E-state index contributed by atoms with van der Waals surface area (Å²) in [7, 11) is 0. The Kier molecular flexibility index (Phi) is 7.60. The number of carboxylic acid groups (broad SMARTS) is 1. The summed E-state index contributed by atoms with van der Waals surface area (Å²) < 4.78 is 12.8. The van der Waals surface area contributed by atoms with Gasteiger partial charge in [0.15, 0.2) is 11.0 Å². The van der Waals surface area contributed by atoms with E-state index in [-0.39, 0.29) is 0 Å². The predicted molar refractivity (Wildman–Crippen MR) is 98.7 cm³/mol. The molecule has 0 bridgehead atoms. The highest BCUT2D eigenvalue weighted by Gasteiger charge is 2.29. The fourth-order valence-corrected chi connectivity index (χ4v) is 3.68. The topological polar surface area (TPSA) is 116 Å². The maximum atomic E-state index is 12.8. The van der Waals surface area contributed by atoms with Crippen LogP contribution in [-0.4, -0.2) is 33.3 Å². The van der Waals surface area contributed by atoms with Crippen molar-refractivity contribution in [1.82, 2.24) is 5.48 Å². The van der Waals surface area contributed by atoms with Gasteiger partial charge in [0.1, 0.15) is 0 Å². The van der Waals surface area contributed by atoms with E-state index in [9.17, 15) is 18.9 Å². The molecular formula is C19H17NO6S. The number of hydrogen-bond acceptors (Lipinski definition) is 5. The first-order valence-corrected chi connectivity index (χ1v) is 9.23. The summed E-state index contributed by atoms with van der Waals surface area (Å²) in [5.74, 6) is -3.54. The van der Waals surface area contributed by atoms with E-state index in [1.807, 2.05) is 66.1 Å². The maximum absolute atomic E-state index is 12.8. The van der Waals surface area contributed by atoms with Crippen LogP contribution in [0, 0.1) is 0 Å². The number of rotatable bonds is 7. The van der Waals surface area contributed by atoms with Crippen LogP contribution < -0.4 is 5.48 Å². The quantitative estimate of drug-likeness (QED) is 0.425. The highest BCUT2D eigenvalue weighted by molar-refractivity contribution is 7.92. The molecule has 0 aliphatic heterocycles. The van der Waals surface area contributed by atoms with E-state index in [2.05, 4.69) is 4.84 Å². The van der Waals surface area contributed by atoms with Crippen molar-refractivity contribution >= 4 is 29.0 Å². The normalized spacial score (nSPS) is 11.9. The Morgan fingerprint density at radius 2 is 1.52 bits per heavy atom. The molecule has 0 fully saturated rings. The molecular weight excluding hydrogens is 370 g/mol. The fourth-order valence-electron chi connectivity index (χ4n) is 2.27. The molecule has 1 unspecified atom stereocenters. The molecule has 0 saturated heterocycles. The molecule has 0 saturated carbocycles. The first-order valence-electron chi connectivity index (χ1n) is 7.85. The maximum Gasteiger partial charge on any atom is 0.356 e. The standard InChI is InChI=1S/C19H17NO6S/c21-16(20-26-18(24)12-11-17(22)23)13-27(25)19(14-7-3-1-4-8-14)15-9-5-2-6-10-15/h1-12,19H,13H2,(H,20,21)(H,22,23)/b12-11+. The van der Waals surface area contributed by atoms with Gasteiger partial charge < -0.3 is 14.5 Å². The molecule has 8 heteroatoms. The average Bonchev–Trinajstić information content (AvgIpc) is 2.66. The van der Waals surface area contributed by atoms with E-state index >= 15 is 0 Å². The van der Waals surface area contributed by atoms with Crippen molar-refractivity contribution in [2.24, 2.45) is 0 Å². The van der Waals surface area contributed by atoms with E-state index in [4.69, 9.17) is 5.11 Å². The number of hydrogen-bond donors (Lipinski definition) is 2. The van der Waals surface area contributed by atoms with Gasteiger partial charge in [-0.15, -0.1) is 0 Å². The molecule has 0 aliphatic rings. The minimum Gasteiger partial charge on any atom is -0.615 e. The second-order valence-electron chi connectivity index (χ2n) is 5.34. The van der Waals surface area contributed by atoms with Crippen LogP contribution in [0.2, 0.25) is 0 Å². The van der Waals surface area contributed by atoms with E-state index in [0.717, 1.165) is 11.1 Å². The molecule has 0 heterocycles. The number of benzene rings is 2. The zero-order chi connectivity index (χ0) is 19.6. The summed E-state index contributed by atoms with van der Waals surface area (Å²) >= 11 is -1.63. The fraction of sp³-hybridized carbons (Fsp3) is 0.105. The lowest BCUT2D eigenvalue weighted by molar-refractivity contribution is -0.152. The Morgan fingerprint density at radius 1 is 1.00 bits per heavy atom. The van der Waals surface area contributed by atoms with E-state index in [1.165, 1.54) is 0 Å². The molecule has 0 radical (unpaired) electrons. The Morgan fingerprint density at radius 3 is 2.00 bits per heavy atom. The lowest BCUT2D eigenvalue weighted by Crippen LogP contribution is -2.34. The van der Waals surface area contributed by atoms with Crippen LogP contribution in [0.3, 0.4) is 0 Å². The van der Waals surface area contributed by atoms with Gasteiger partial charge in [-0.05, 0) is 11.2 Å². The molecule has 2 aromatic carbocycles. The number of nitrogens with one attached hydrogen (secondary N) is 1. The van der Waals surface area contributed by atoms with Crippen LogP contribution in [0.4, 0.5) is 0 Å². The van der Waals surface area contributed by atoms with E-state index in [0.29, 0.717) is 12.2 Å². The highest BCUT2D eigenvalue weighted by Crippen LogP contribution is 2.30. The SMILES string of the molecule is O=C(O)/C=C/C(=O)ONC(=O)C[S+]([O-])C(c1ccccc1)c1ccccc1. The zero-order valence-electron chi connectivity index (χ0n) is 14.1. The van der Waals surface area contributed by atoms with Gasteiger partial charge in [0, 0.05) is 23.3 Å². The highest BCUT2D eigenvalue weighted by atomic mass is 32.2. The van der Waals surface area contributed by atoms with Crippen molar-refractivity contribution in [1.29, 1.82) is 0 Å². The number of aliphatic carboxylic acids is 1. The molecule has 0 spiro atoms. The molecule has 27 heavy (non-hydrogen) atoms. The molecule has 1 atom stereocenters. The monoisotopic (exact) mass is 387 g/mol. The summed E-state index contributed by atoms with van der Waals surface area (Å²) in [6.07, 6.45) is 1.23. The second-order valence-corrected chi connectivity index (χ2v) is 6.87. The lowest BCUT2D eigenvalue weighted by atomic mass is 10.0.